The Bertz CT molecular complexity index is 1600. The van der Waals surface area contributed by atoms with Crippen molar-refractivity contribution in [2.24, 2.45) is 0 Å². The fourth-order valence-corrected chi connectivity index (χ4v) is 11.2. The van der Waals surface area contributed by atoms with Crippen LogP contribution >= 0.6 is 15.6 Å². The van der Waals surface area contributed by atoms with E-state index in [1.165, 1.54) is 154 Å². The lowest BCUT2D eigenvalue weighted by atomic mass is 10.0. The van der Waals surface area contributed by atoms with Gasteiger partial charge in [0.05, 0.1) is 26.4 Å². The first-order chi connectivity index (χ1) is 40.2. The van der Waals surface area contributed by atoms with Crippen LogP contribution in [0.25, 0.3) is 0 Å². The second-order valence-corrected chi connectivity index (χ2v) is 26.1. The van der Waals surface area contributed by atoms with E-state index in [1.54, 1.807) is 0 Å². The van der Waals surface area contributed by atoms with E-state index in [4.69, 9.17) is 37.0 Å². The smallest absolute Gasteiger partial charge is 0.462 e. The van der Waals surface area contributed by atoms with Crippen molar-refractivity contribution in [2.75, 3.05) is 39.6 Å². The first-order valence-electron chi connectivity index (χ1n) is 33.8. The van der Waals surface area contributed by atoms with Gasteiger partial charge in [0.25, 0.3) is 0 Å². The Morgan fingerprint density at radius 2 is 0.482 bits per heavy atom. The van der Waals surface area contributed by atoms with Gasteiger partial charge in [0.15, 0.2) is 12.2 Å². The topological polar surface area (TPSA) is 237 Å². The van der Waals surface area contributed by atoms with Crippen molar-refractivity contribution >= 4 is 39.5 Å². The van der Waals surface area contributed by atoms with Gasteiger partial charge in [-0.3, -0.25) is 37.3 Å². The normalized spacial score (nSPS) is 14.2. The molecule has 0 radical (unpaired) electrons. The van der Waals surface area contributed by atoms with Gasteiger partial charge in [-0.2, -0.15) is 0 Å². The molecule has 5 atom stereocenters. The van der Waals surface area contributed by atoms with E-state index in [-0.39, 0.29) is 25.7 Å². The Kier molecular flexibility index (Phi) is 57.7. The molecule has 2 unspecified atom stereocenters. The lowest BCUT2D eigenvalue weighted by Crippen LogP contribution is -2.30. The molecule has 3 N–H and O–H groups in total. The van der Waals surface area contributed by atoms with E-state index in [2.05, 4.69) is 27.7 Å². The maximum atomic E-state index is 13.0. The van der Waals surface area contributed by atoms with Crippen molar-refractivity contribution < 1.29 is 80.2 Å². The molecule has 0 rings (SSSR count). The van der Waals surface area contributed by atoms with Gasteiger partial charge in [-0.1, -0.05) is 278 Å². The zero-order valence-electron chi connectivity index (χ0n) is 53.2. The minimum Gasteiger partial charge on any atom is -0.462 e. The first kappa shape index (κ1) is 81.1. The minimum absolute atomic E-state index is 0.107. The number of carbonyl (C=O) groups is 4. The van der Waals surface area contributed by atoms with Crippen molar-refractivity contribution in [3.05, 3.63) is 0 Å². The molecule has 0 aromatic heterocycles. The molecule has 0 aliphatic rings. The number of phosphoric ester groups is 2. The molecular weight excluding hydrogens is 1100 g/mol. The van der Waals surface area contributed by atoms with Gasteiger partial charge in [-0.15, -0.1) is 0 Å². The zero-order valence-corrected chi connectivity index (χ0v) is 54.9. The van der Waals surface area contributed by atoms with Gasteiger partial charge in [0.1, 0.15) is 19.3 Å². The summed E-state index contributed by atoms with van der Waals surface area (Å²) in [4.78, 5) is 72.1. The van der Waals surface area contributed by atoms with E-state index in [0.29, 0.717) is 25.7 Å². The van der Waals surface area contributed by atoms with Crippen LogP contribution in [0.5, 0.6) is 0 Å². The molecule has 0 saturated carbocycles. The van der Waals surface area contributed by atoms with Gasteiger partial charge >= 0.3 is 39.5 Å². The molecule has 0 aliphatic carbocycles. The number of rotatable bonds is 65. The maximum Gasteiger partial charge on any atom is 0.472 e. The third-order valence-electron chi connectivity index (χ3n) is 14.9. The predicted molar refractivity (Wildman–Crippen MR) is 331 cm³/mol. The number of aliphatic hydroxyl groups excluding tert-OH is 1. The molecule has 0 spiro atoms. The summed E-state index contributed by atoms with van der Waals surface area (Å²) in [6.07, 6.45) is 44.3. The predicted octanol–water partition coefficient (Wildman–Crippen LogP) is 17.9. The summed E-state index contributed by atoms with van der Waals surface area (Å²) in [5.74, 6) is -2.13. The highest BCUT2D eigenvalue weighted by Gasteiger charge is 2.30. The van der Waals surface area contributed by atoms with Crippen LogP contribution in [0.2, 0.25) is 0 Å². The summed E-state index contributed by atoms with van der Waals surface area (Å²) in [5.41, 5.74) is 0. The molecule has 0 aromatic carbocycles. The summed E-state index contributed by atoms with van der Waals surface area (Å²) in [7, 11) is -9.88. The van der Waals surface area contributed by atoms with Crippen LogP contribution in [0.4, 0.5) is 0 Å². The fraction of sp³-hybridized carbons (Fsp3) is 0.938. The maximum absolute atomic E-state index is 13.0. The van der Waals surface area contributed by atoms with Gasteiger partial charge in [0, 0.05) is 25.7 Å². The quantitative estimate of drug-likeness (QED) is 0.0222. The lowest BCUT2D eigenvalue weighted by Gasteiger charge is -2.21. The molecule has 0 amide bonds. The minimum atomic E-state index is -4.94. The average Bonchev–Trinajstić information content (AvgIpc) is 3.46. The third kappa shape index (κ3) is 58.8. The van der Waals surface area contributed by atoms with Crippen LogP contribution in [0.3, 0.4) is 0 Å². The number of phosphoric acid groups is 2. The Labute approximate surface area is 505 Å². The lowest BCUT2D eigenvalue weighted by molar-refractivity contribution is -0.161. The molecule has 0 aliphatic heterocycles. The van der Waals surface area contributed by atoms with Crippen molar-refractivity contribution in [2.45, 2.75) is 348 Å². The highest BCUT2D eigenvalue weighted by molar-refractivity contribution is 7.47. The molecular formula is C64H124O17P2. The van der Waals surface area contributed by atoms with Crippen LogP contribution in [0.1, 0.15) is 329 Å². The highest BCUT2D eigenvalue weighted by atomic mass is 31.2. The van der Waals surface area contributed by atoms with Crippen LogP contribution in [0, 0.1) is 0 Å². The zero-order chi connectivity index (χ0) is 61.2. The summed E-state index contributed by atoms with van der Waals surface area (Å²) < 4.78 is 68.0. The van der Waals surface area contributed by atoms with E-state index < -0.39 is 97.5 Å². The first-order valence-corrected chi connectivity index (χ1v) is 36.8. The van der Waals surface area contributed by atoms with E-state index in [9.17, 15) is 43.2 Å². The number of ether oxygens (including phenoxy) is 4. The summed E-state index contributed by atoms with van der Waals surface area (Å²) in [6.45, 7) is 4.87. The number of hydrogen-bond donors (Lipinski definition) is 3. The molecule has 19 heteroatoms. The van der Waals surface area contributed by atoms with Crippen LogP contribution < -0.4 is 0 Å². The van der Waals surface area contributed by atoms with Crippen LogP contribution in [-0.2, 0) is 65.4 Å². The molecule has 83 heavy (non-hydrogen) atoms. The molecule has 0 aromatic rings. The third-order valence-corrected chi connectivity index (χ3v) is 16.8. The number of aliphatic hydroxyl groups is 1. The van der Waals surface area contributed by atoms with Gasteiger partial charge in [-0.05, 0) is 25.7 Å². The monoisotopic (exact) mass is 1230 g/mol. The van der Waals surface area contributed by atoms with Crippen molar-refractivity contribution in [1.29, 1.82) is 0 Å². The number of esters is 4. The number of unbranched alkanes of at least 4 members (excludes halogenated alkanes) is 39. The molecule has 0 saturated heterocycles. The second kappa shape index (κ2) is 59.0. The van der Waals surface area contributed by atoms with Crippen molar-refractivity contribution in [3.8, 4) is 0 Å². The fourth-order valence-electron chi connectivity index (χ4n) is 9.63. The summed E-state index contributed by atoms with van der Waals surface area (Å²) in [5, 5.41) is 10.5. The van der Waals surface area contributed by atoms with Crippen molar-refractivity contribution in [3.63, 3.8) is 0 Å². The van der Waals surface area contributed by atoms with E-state index >= 15 is 0 Å². The Hall–Kier alpha value is -1.94. The molecule has 0 heterocycles. The summed E-state index contributed by atoms with van der Waals surface area (Å²) >= 11 is 0. The van der Waals surface area contributed by atoms with E-state index in [0.717, 1.165) is 96.3 Å². The van der Waals surface area contributed by atoms with Gasteiger partial charge < -0.3 is 33.8 Å². The SMILES string of the molecule is CCCCCCCCCCCCCCCC(=O)O[C@H](COC(=O)CCCCCCCCCCCCC)COP(=O)(O)OC[C@@H](O)COP(=O)(O)OC[C@@H](COC(=O)CCCCCCCCCC)OC(=O)CCCCCCCCCCCCC. The largest absolute Gasteiger partial charge is 0.472 e. The van der Waals surface area contributed by atoms with E-state index in [1.807, 2.05) is 0 Å². The Morgan fingerprint density at radius 3 is 0.711 bits per heavy atom. The number of hydrogen-bond acceptors (Lipinski definition) is 15. The molecule has 492 valence electrons. The van der Waals surface area contributed by atoms with Gasteiger partial charge in [0.2, 0.25) is 0 Å². The number of carbonyl (C=O) groups excluding carboxylic acids is 4. The second-order valence-electron chi connectivity index (χ2n) is 23.2. The van der Waals surface area contributed by atoms with Crippen LogP contribution in [0.15, 0.2) is 0 Å². The standard InChI is InChI=1S/C64H124O17P2/c1-5-9-13-17-21-25-28-29-32-35-39-43-47-51-64(69)81-60(55-75-62(67)49-45-41-37-33-30-26-22-18-14-10-6-2)57-79-83(72,73)77-53-58(65)52-76-82(70,71)78-56-59(54-74-61(66)48-44-40-36-24-20-16-12-8-4)80-63(68)50-46-42-38-34-31-27-23-19-15-11-7-3/h58-60,65H,5-57H2,1-4H3,(H,70,71)(H,72,73)/t58-,59+,60+/m0/s1. The van der Waals surface area contributed by atoms with Crippen LogP contribution in [-0.4, -0.2) is 96.7 Å². The summed E-state index contributed by atoms with van der Waals surface area (Å²) in [6, 6.07) is 0. The molecule has 0 bridgehead atoms. The Balaban J connectivity index is 5.22. The Morgan fingerprint density at radius 1 is 0.289 bits per heavy atom. The van der Waals surface area contributed by atoms with Gasteiger partial charge in [-0.25, -0.2) is 9.13 Å². The molecule has 0 fully saturated rings. The highest BCUT2D eigenvalue weighted by Crippen LogP contribution is 2.45. The molecule has 17 nitrogen and oxygen atoms in total. The van der Waals surface area contributed by atoms with Crippen molar-refractivity contribution in [1.82, 2.24) is 0 Å². The average molecular weight is 1230 g/mol.